The second kappa shape index (κ2) is 9.33. The van der Waals surface area contributed by atoms with Gasteiger partial charge in [-0.05, 0) is 42.9 Å². The first-order valence-corrected chi connectivity index (χ1v) is 9.31. The van der Waals surface area contributed by atoms with Crippen LogP contribution in [0.15, 0.2) is 47.4 Å². The van der Waals surface area contributed by atoms with Crippen molar-refractivity contribution in [3.63, 3.8) is 0 Å². The van der Waals surface area contributed by atoms with E-state index >= 15 is 0 Å². The van der Waals surface area contributed by atoms with E-state index in [1.54, 1.807) is 24.9 Å². The van der Waals surface area contributed by atoms with Crippen molar-refractivity contribution in [1.82, 2.24) is 10.2 Å². The van der Waals surface area contributed by atoms with Crippen LogP contribution < -0.4 is 5.32 Å². The van der Waals surface area contributed by atoms with E-state index in [2.05, 4.69) is 17.3 Å². The quantitative estimate of drug-likeness (QED) is 0.711. The summed E-state index contributed by atoms with van der Waals surface area (Å²) in [6.07, 6.45) is 0. The van der Waals surface area contributed by atoms with Crippen molar-refractivity contribution in [3.05, 3.63) is 63.6 Å². The van der Waals surface area contributed by atoms with Crippen molar-refractivity contribution >= 4 is 40.9 Å². The van der Waals surface area contributed by atoms with Crippen LogP contribution in [0.1, 0.15) is 15.9 Å². The minimum atomic E-state index is -0.0651. The van der Waals surface area contributed by atoms with Crippen LogP contribution in [-0.2, 0) is 6.54 Å². The van der Waals surface area contributed by atoms with E-state index in [0.29, 0.717) is 10.6 Å². The van der Waals surface area contributed by atoms with E-state index in [1.165, 1.54) is 5.56 Å². The van der Waals surface area contributed by atoms with Crippen molar-refractivity contribution in [2.24, 2.45) is 0 Å². The van der Waals surface area contributed by atoms with Gasteiger partial charge < -0.3 is 10.2 Å². The molecule has 0 saturated heterocycles. The Labute approximate surface area is 157 Å². The van der Waals surface area contributed by atoms with E-state index in [0.717, 1.165) is 28.8 Å². The molecule has 0 saturated carbocycles. The average molecular weight is 383 g/mol. The maximum atomic E-state index is 11.5. The number of amides is 1. The first-order chi connectivity index (χ1) is 11.5. The maximum Gasteiger partial charge on any atom is 0.251 e. The molecule has 0 unspecified atom stereocenters. The molecule has 2 aromatic rings. The van der Waals surface area contributed by atoms with Crippen LogP contribution in [0.3, 0.4) is 0 Å². The lowest BCUT2D eigenvalue weighted by Crippen LogP contribution is -2.21. The monoisotopic (exact) mass is 382 g/mol. The number of rotatable bonds is 7. The fourth-order valence-corrected chi connectivity index (χ4v) is 3.75. The molecule has 128 valence electrons. The molecule has 0 fully saturated rings. The molecule has 3 nitrogen and oxygen atoms in total. The van der Waals surface area contributed by atoms with Gasteiger partial charge in [-0.25, -0.2) is 0 Å². The SMILES string of the molecule is CNC(=O)c1ccc(CN(C)CCSc2cc(Cl)ccc2Cl)cc1. The Hall–Kier alpha value is -1.20. The number of benzene rings is 2. The number of nitrogens with zero attached hydrogens (tertiary/aromatic N) is 1. The molecule has 1 amide bonds. The number of hydrogen-bond donors (Lipinski definition) is 1. The molecule has 0 aromatic heterocycles. The zero-order valence-corrected chi connectivity index (χ0v) is 16.0. The second-order valence-corrected chi connectivity index (χ2v) is 7.42. The highest BCUT2D eigenvalue weighted by atomic mass is 35.5. The highest BCUT2D eigenvalue weighted by Gasteiger charge is 2.06. The van der Waals surface area contributed by atoms with Crippen LogP contribution in [0.5, 0.6) is 0 Å². The number of nitrogens with one attached hydrogen (secondary N) is 1. The summed E-state index contributed by atoms with van der Waals surface area (Å²) in [6, 6.07) is 13.2. The van der Waals surface area contributed by atoms with Gasteiger partial charge in [0.1, 0.15) is 0 Å². The molecule has 0 aliphatic heterocycles. The topological polar surface area (TPSA) is 32.3 Å². The van der Waals surface area contributed by atoms with E-state index in [-0.39, 0.29) is 5.91 Å². The molecule has 0 bridgehead atoms. The summed E-state index contributed by atoms with van der Waals surface area (Å²) >= 11 is 13.9. The summed E-state index contributed by atoms with van der Waals surface area (Å²) in [7, 11) is 3.71. The number of halogens is 2. The number of hydrogen-bond acceptors (Lipinski definition) is 3. The predicted octanol–water partition coefficient (Wildman–Crippen LogP) is 4.58. The molecular formula is C18H20Cl2N2OS. The predicted molar refractivity (Wildman–Crippen MR) is 103 cm³/mol. The van der Waals surface area contributed by atoms with E-state index in [9.17, 15) is 4.79 Å². The highest BCUT2D eigenvalue weighted by molar-refractivity contribution is 7.99. The zero-order valence-electron chi connectivity index (χ0n) is 13.7. The highest BCUT2D eigenvalue weighted by Crippen LogP contribution is 2.29. The fraction of sp³-hybridized carbons (Fsp3) is 0.278. The van der Waals surface area contributed by atoms with Gasteiger partial charge in [0.2, 0.25) is 0 Å². The normalized spacial score (nSPS) is 10.9. The van der Waals surface area contributed by atoms with Gasteiger partial charge in [0.15, 0.2) is 0 Å². The van der Waals surface area contributed by atoms with Gasteiger partial charge in [-0.3, -0.25) is 4.79 Å². The molecule has 0 radical (unpaired) electrons. The summed E-state index contributed by atoms with van der Waals surface area (Å²) in [4.78, 5) is 14.8. The van der Waals surface area contributed by atoms with Gasteiger partial charge in [0.05, 0.1) is 5.02 Å². The Morgan fingerprint density at radius 3 is 2.54 bits per heavy atom. The van der Waals surface area contributed by atoms with Gasteiger partial charge in [0, 0.05) is 41.4 Å². The Morgan fingerprint density at radius 1 is 1.17 bits per heavy atom. The third-order valence-electron chi connectivity index (χ3n) is 3.52. The third-order valence-corrected chi connectivity index (χ3v) is 5.23. The van der Waals surface area contributed by atoms with E-state index in [4.69, 9.17) is 23.2 Å². The molecular weight excluding hydrogens is 363 g/mol. The molecule has 0 spiro atoms. The Kier molecular flexibility index (Phi) is 7.43. The lowest BCUT2D eigenvalue weighted by atomic mass is 10.1. The van der Waals surface area contributed by atoms with Crippen molar-refractivity contribution in [1.29, 1.82) is 0 Å². The van der Waals surface area contributed by atoms with E-state index < -0.39 is 0 Å². The minimum Gasteiger partial charge on any atom is -0.355 e. The molecule has 6 heteroatoms. The molecule has 0 aliphatic carbocycles. The Bertz CT molecular complexity index is 692. The van der Waals surface area contributed by atoms with Crippen LogP contribution in [0.4, 0.5) is 0 Å². The van der Waals surface area contributed by atoms with E-state index in [1.807, 2.05) is 36.4 Å². The molecule has 1 N–H and O–H groups in total. The zero-order chi connectivity index (χ0) is 17.5. The molecule has 2 rings (SSSR count). The van der Waals surface area contributed by atoms with Crippen molar-refractivity contribution in [2.45, 2.75) is 11.4 Å². The average Bonchev–Trinajstić information content (AvgIpc) is 2.58. The fourth-order valence-electron chi connectivity index (χ4n) is 2.20. The number of thioether (sulfide) groups is 1. The molecule has 0 heterocycles. The summed E-state index contributed by atoms with van der Waals surface area (Å²) in [5, 5.41) is 4.05. The minimum absolute atomic E-state index is 0.0651. The summed E-state index contributed by atoms with van der Waals surface area (Å²) < 4.78 is 0. The smallest absolute Gasteiger partial charge is 0.251 e. The van der Waals surface area contributed by atoms with Gasteiger partial charge in [-0.1, -0.05) is 35.3 Å². The van der Waals surface area contributed by atoms with Crippen LogP contribution in [0.25, 0.3) is 0 Å². The lowest BCUT2D eigenvalue weighted by Gasteiger charge is -2.17. The van der Waals surface area contributed by atoms with Crippen LogP contribution >= 0.6 is 35.0 Å². The third kappa shape index (κ3) is 5.71. The van der Waals surface area contributed by atoms with Gasteiger partial charge in [-0.2, -0.15) is 0 Å². The van der Waals surface area contributed by atoms with Crippen molar-refractivity contribution in [2.75, 3.05) is 26.4 Å². The van der Waals surface area contributed by atoms with Crippen LogP contribution in [-0.4, -0.2) is 37.2 Å². The summed E-state index contributed by atoms with van der Waals surface area (Å²) in [6.45, 7) is 1.75. The first-order valence-electron chi connectivity index (χ1n) is 7.57. The second-order valence-electron chi connectivity index (χ2n) is 5.44. The molecule has 0 atom stereocenters. The van der Waals surface area contributed by atoms with Crippen LogP contribution in [0, 0.1) is 0 Å². The van der Waals surface area contributed by atoms with Crippen LogP contribution in [0.2, 0.25) is 10.0 Å². The first kappa shape index (κ1) is 19.1. The van der Waals surface area contributed by atoms with Gasteiger partial charge >= 0.3 is 0 Å². The van der Waals surface area contributed by atoms with Gasteiger partial charge in [-0.15, -0.1) is 11.8 Å². The lowest BCUT2D eigenvalue weighted by molar-refractivity contribution is 0.0963. The van der Waals surface area contributed by atoms with Gasteiger partial charge in [0.25, 0.3) is 5.91 Å². The molecule has 24 heavy (non-hydrogen) atoms. The summed E-state index contributed by atoms with van der Waals surface area (Å²) in [5.41, 5.74) is 1.85. The largest absolute Gasteiger partial charge is 0.355 e. The molecule has 2 aromatic carbocycles. The molecule has 0 aliphatic rings. The number of carbonyl (C=O) groups is 1. The Morgan fingerprint density at radius 2 is 1.88 bits per heavy atom. The Balaban J connectivity index is 1.81. The standard InChI is InChI=1S/C18H20Cl2N2OS/c1-21-18(23)14-5-3-13(4-6-14)12-22(2)9-10-24-17-11-15(19)7-8-16(17)20/h3-8,11H,9-10,12H2,1-2H3,(H,21,23). The number of carbonyl (C=O) groups excluding carboxylic acids is 1. The van der Waals surface area contributed by atoms with Crippen molar-refractivity contribution < 1.29 is 4.79 Å². The van der Waals surface area contributed by atoms with Crippen molar-refractivity contribution in [3.8, 4) is 0 Å². The summed E-state index contributed by atoms with van der Waals surface area (Å²) in [5.74, 6) is 0.858. The maximum absolute atomic E-state index is 11.5.